The van der Waals surface area contributed by atoms with Crippen LogP contribution in [0.3, 0.4) is 0 Å². The molecule has 1 aliphatic rings. The maximum absolute atomic E-state index is 12.9. The fraction of sp³-hybridized carbons (Fsp3) is 0.450. The molecule has 3 aromatic rings. The molecule has 0 saturated carbocycles. The van der Waals surface area contributed by atoms with E-state index in [0.29, 0.717) is 17.5 Å². The van der Waals surface area contributed by atoms with Crippen LogP contribution in [0.2, 0.25) is 0 Å². The first-order valence-corrected chi connectivity index (χ1v) is 9.85. The minimum absolute atomic E-state index is 0.155. The summed E-state index contributed by atoms with van der Waals surface area (Å²) in [6, 6.07) is 3.08. The topological polar surface area (TPSA) is 69.8 Å². The summed E-state index contributed by atoms with van der Waals surface area (Å²) in [5, 5.41) is 18.8. The second kappa shape index (κ2) is 7.75. The quantitative estimate of drug-likeness (QED) is 0.698. The molecule has 1 aliphatic heterocycles. The first-order valence-electron chi connectivity index (χ1n) is 9.85. The van der Waals surface area contributed by atoms with Gasteiger partial charge in [-0.15, -0.1) is 10.2 Å². The van der Waals surface area contributed by atoms with E-state index >= 15 is 0 Å². The number of phenolic OH excluding ortho intramolecular Hbond substituents is 1. The number of piperidine rings is 1. The third-order valence-electron chi connectivity index (χ3n) is 5.68. The number of alkyl halides is 3. The van der Waals surface area contributed by atoms with Gasteiger partial charge in [-0.1, -0.05) is 6.92 Å². The highest BCUT2D eigenvalue weighted by Crippen LogP contribution is 2.36. The fourth-order valence-electron chi connectivity index (χ4n) is 3.94. The average molecular weight is 420 g/mol. The molecule has 0 bridgehead atoms. The van der Waals surface area contributed by atoms with Gasteiger partial charge in [0, 0.05) is 32.0 Å². The van der Waals surface area contributed by atoms with E-state index in [1.807, 2.05) is 7.05 Å². The van der Waals surface area contributed by atoms with Crippen molar-refractivity contribution in [1.82, 2.24) is 24.5 Å². The summed E-state index contributed by atoms with van der Waals surface area (Å²) in [6.45, 7) is 5.13. The van der Waals surface area contributed by atoms with E-state index in [9.17, 15) is 18.3 Å². The molecule has 1 fully saturated rings. The Kier molecular flexibility index (Phi) is 5.27. The number of fused-ring (bicyclic) bond motifs is 1. The SMILES string of the molecule is CCN1CCCC(N(C)c2nnc(-c3ccc(C(F)(F)F)cc3O)n3ccnc23)C1. The fourth-order valence-corrected chi connectivity index (χ4v) is 3.94. The number of likely N-dealkylation sites (N-methyl/N-ethyl adjacent to an activating group) is 2. The van der Waals surface area contributed by atoms with Crippen LogP contribution in [0.4, 0.5) is 19.0 Å². The number of benzene rings is 1. The zero-order valence-electron chi connectivity index (χ0n) is 16.8. The van der Waals surface area contributed by atoms with Crippen LogP contribution >= 0.6 is 0 Å². The third kappa shape index (κ3) is 3.67. The number of anilines is 1. The van der Waals surface area contributed by atoms with Gasteiger partial charge in [0.05, 0.1) is 11.1 Å². The van der Waals surface area contributed by atoms with Gasteiger partial charge in [-0.3, -0.25) is 4.40 Å². The smallest absolute Gasteiger partial charge is 0.416 e. The number of imidazole rings is 1. The normalized spacial score (nSPS) is 18.1. The van der Waals surface area contributed by atoms with Crippen LogP contribution in [0.1, 0.15) is 25.3 Å². The van der Waals surface area contributed by atoms with Crippen molar-refractivity contribution in [2.75, 3.05) is 31.6 Å². The molecule has 1 saturated heterocycles. The first kappa shape index (κ1) is 20.4. The van der Waals surface area contributed by atoms with E-state index in [2.05, 4.69) is 31.9 Å². The zero-order valence-corrected chi connectivity index (χ0v) is 16.8. The molecule has 0 radical (unpaired) electrons. The monoisotopic (exact) mass is 420 g/mol. The zero-order chi connectivity index (χ0) is 21.5. The van der Waals surface area contributed by atoms with Crippen LogP contribution in [0.5, 0.6) is 5.75 Å². The molecule has 2 aromatic heterocycles. The third-order valence-corrected chi connectivity index (χ3v) is 5.68. The lowest BCUT2D eigenvalue weighted by atomic mass is 10.0. The average Bonchev–Trinajstić information content (AvgIpc) is 3.22. The lowest BCUT2D eigenvalue weighted by Crippen LogP contribution is -2.46. The minimum Gasteiger partial charge on any atom is -0.507 e. The largest absolute Gasteiger partial charge is 0.507 e. The number of aromatic hydroxyl groups is 1. The van der Waals surface area contributed by atoms with Gasteiger partial charge < -0.3 is 14.9 Å². The van der Waals surface area contributed by atoms with Crippen LogP contribution in [0.25, 0.3) is 17.0 Å². The van der Waals surface area contributed by atoms with E-state index in [1.54, 1.807) is 16.8 Å². The Bertz CT molecular complexity index is 1050. The lowest BCUT2D eigenvalue weighted by Gasteiger charge is -2.37. The summed E-state index contributed by atoms with van der Waals surface area (Å²) >= 11 is 0. The minimum atomic E-state index is -4.54. The molecule has 1 aromatic carbocycles. The van der Waals surface area contributed by atoms with Gasteiger partial charge in [0.2, 0.25) is 0 Å². The van der Waals surface area contributed by atoms with Crippen molar-refractivity contribution in [2.24, 2.45) is 0 Å². The number of nitrogens with zero attached hydrogens (tertiary/aromatic N) is 6. The number of halogens is 3. The van der Waals surface area contributed by atoms with Crippen molar-refractivity contribution in [3.05, 3.63) is 36.2 Å². The van der Waals surface area contributed by atoms with Crippen LogP contribution in [-0.4, -0.2) is 62.3 Å². The molecule has 0 amide bonds. The molecule has 1 atom stereocenters. The van der Waals surface area contributed by atoms with Gasteiger partial charge in [-0.05, 0) is 44.1 Å². The number of phenols is 1. The summed E-state index contributed by atoms with van der Waals surface area (Å²) in [5.41, 5.74) is -0.231. The van der Waals surface area contributed by atoms with Crippen molar-refractivity contribution in [3.8, 4) is 17.1 Å². The van der Waals surface area contributed by atoms with E-state index in [0.717, 1.165) is 38.5 Å². The molecule has 0 aliphatic carbocycles. The lowest BCUT2D eigenvalue weighted by molar-refractivity contribution is -0.137. The highest BCUT2D eigenvalue weighted by atomic mass is 19.4. The van der Waals surface area contributed by atoms with Crippen molar-refractivity contribution >= 4 is 11.5 Å². The van der Waals surface area contributed by atoms with Crippen LogP contribution in [0, 0.1) is 0 Å². The molecule has 30 heavy (non-hydrogen) atoms. The van der Waals surface area contributed by atoms with Gasteiger partial charge in [-0.2, -0.15) is 13.2 Å². The van der Waals surface area contributed by atoms with Gasteiger partial charge in [-0.25, -0.2) is 4.98 Å². The highest BCUT2D eigenvalue weighted by Gasteiger charge is 2.32. The predicted molar refractivity (Wildman–Crippen MR) is 106 cm³/mol. The Hall–Kier alpha value is -2.88. The summed E-state index contributed by atoms with van der Waals surface area (Å²) in [5.74, 6) is 0.309. The van der Waals surface area contributed by atoms with Gasteiger partial charge in [0.15, 0.2) is 17.3 Å². The Morgan fingerprint density at radius 3 is 2.77 bits per heavy atom. The molecule has 10 heteroatoms. The van der Waals surface area contributed by atoms with Crippen LogP contribution < -0.4 is 4.90 Å². The van der Waals surface area contributed by atoms with Crippen molar-refractivity contribution < 1.29 is 18.3 Å². The summed E-state index contributed by atoms with van der Waals surface area (Å²) in [4.78, 5) is 8.84. The second-order valence-corrected chi connectivity index (χ2v) is 7.50. The predicted octanol–water partition coefficient (Wildman–Crippen LogP) is 3.44. The number of likely N-dealkylation sites (tertiary alicyclic amines) is 1. The number of hydrogen-bond acceptors (Lipinski definition) is 6. The van der Waals surface area contributed by atoms with Crippen LogP contribution in [-0.2, 0) is 6.18 Å². The summed E-state index contributed by atoms with van der Waals surface area (Å²) < 4.78 is 40.4. The molecule has 3 heterocycles. The molecule has 0 spiro atoms. The molecule has 160 valence electrons. The number of hydrogen-bond donors (Lipinski definition) is 1. The second-order valence-electron chi connectivity index (χ2n) is 7.50. The molecular formula is C20H23F3N6O. The number of rotatable bonds is 4. The Morgan fingerprint density at radius 2 is 2.07 bits per heavy atom. The molecule has 1 N–H and O–H groups in total. The molecule has 7 nitrogen and oxygen atoms in total. The standard InChI is InChI=1S/C20H23F3N6O/c1-3-28-9-4-5-14(12-28)27(2)19-18-24-8-10-29(18)17(25-26-19)15-7-6-13(11-16(15)30)20(21,22)23/h6-8,10-11,14,30H,3-5,9,12H2,1-2H3. The van der Waals surface area contributed by atoms with Crippen LogP contribution in [0.15, 0.2) is 30.6 Å². The summed E-state index contributed by atoms with van der Waals surface area (Å²) in [7, 11) is 1.96. The van der Waals surface area contributed by atoms with Gasteiger partial charge in [0.1, 0.15) is 5.75 Å². The van der Waals surface area contributed by atoms with Gasteiger partial charge >= 0.3 is 6.18 Å². The Balaban J connectivity index is 1.71. The Morgan fingerprint density at radius 1 is 1.27 bits per heavy atom. The molecule has 4 rings (SSSR count). The van der Waals surface area contributed by atoms with E-state index < -0.39 is 17.5 Å². The maximum atomic E-state index is 12.9. The Labute approximate surface area is 171 Å². The first-order chi connectivity index (χ1) is 14.3. The van der Waals surface area contributed by atoms with Crippen molar-refractivity contribution in [1.29, 1.82) is 0 Å². The van der Waals surface area contributed by atoms with Crippen molar-refractivity contribution in [2.45, 2.75) is 32.0 Å². The van der Waals surface area contributed by atoms with E-state index in [1.165, 1.54) is 6.07 Å². The highest BCUT2D eigenvalue weighted by molar-refractivity contribution is 5.71. The van der Waals surface area contributed by atoms with Gasteiger partial charge in [0.25, 0.3) is 0 Å². The molecule has 1 unspecified atom stereocenters. The maximum Gasteiger partial charge on any atom is 0.416 e. The molecular weight excluding hydrogens is 397 g/mol. The van der Waals surface area contributed by atoms with E-state index in [-0.39, 0.29) is 17.4 Å². The van der Waals surface area contributed by atoms with E-state index in [4.69, 9.17) is 0 Å². The number of aromatic nitrogens is 4. The van der Waals surface area contributed by atoms with Crippen molar-refractivity contribution in [3.63, 3.8) is 0 Å². The summed E-state index contributed by atoms with van der Waals surface area (Å²) in [6.07, 6.45) is 0.833.